The van der Waals surface area contributed by atoms with Crippen molar-refractivity contribution in [2.45, 2.75) is 0 Å². The lowest BCUT2D eigenvalue weighted by atomic mass is 9.89. The van der Waals surface area contributed by atoms with Crippen molar-refractivity contribution >= 4 is 71.3 Å². The first-order valence-corrected chi connectivity index (χ1v) is 19.4. The highest BCUT2D eigenvalue weighted by Crippen LogP contribution is 2.55. The summed E-state index contributed by atoms with van der Waals surface area (Å²) in [6.07, 6.45) is 0. The topological polar surface area (TPSA) is 16.4 Å². The molecule has 0 saturated carbocycles. The van der Waals surface area contributed by atoms with Crippen LogP contribution in [0.25, 0.3) is 110 Å². The number of fused-ring (bicyclic) bond motifs is 7. The van der Waals surface area contributed by atoms with E-state index in [0.29, 0.717) is 5.58 Å². The van der Waals surface area contributed by atoms with Gasteiger partial charge in [0.25, 0.3) is 0 Å². The second kappa shape index (κ2) is 11.3. The molecule has 0 saturated heterocycles. The summed E-state index contributed by atoms with van der Waals surface area (Å²) in [7, 11) is 0. The molecule has 10 aromatic carbocycles. The van der Waals surface area contributed by atoms with Gasteiger partial charge in [-0.15, -0.1) is 0 Å². The van der Waals surface area contributed by atoms with Gasteiger partial charge >= 0.3 is 0 Å². The zero-order valence-electron chi connectivity index (χ0n) is 30.6. The van der Waals surface area contributed by atoms with Crippen molar-refractivity contribution in [3.8, 4) is 55.6 Å². The van der Waals surface area contributed by atoms with E-state index < -0.39 is 0 Å². The molecule has 3 heteroatoms. The molecule has 0 aliphatic heterocycles. The van der Waals surface area contributed by atoms with Crippen LogP contribution in [0.1, 0.15) is 0 Å². The molecule has 11 aromatic rings. The molecule has 0 N–H and O–H groups in total. The Labute approximate surface area is 327 Å². The van der Waals surface area contributed by atoms with Crippen LogP contribution in [-0.4, -0.2) is 0 Å². The smallest absolute Gasteiger partial charge is 0.160 e. The molecule has 2 aliphatic carbocycles. The molecule has 0 fully saturated rings. The van der Waals surface area contributed by atoms with E-state index in [0.717, 1.165) is 77.6 Å². The first-order chi connectivity index (χ1) is 28.2. The molecule has 2 nitrogen and oxygen atoms in total. The Hall–Kier alpha value is -7.49. The maximum absolute atomic E-state index is 16.0. The van der Waals surface area contributed by atoms with Gasteiger partial charge in [0, 0.05) is 33.6 Å². The van der Waals surface area contributed by atoms with Crippen LogP contribution < -0.4 is 4.90 Å². The molecule has 1 heterocycles. The summed E-state index contributed by atoms with van der Waals surface area (Å²) in [5.41, 5.74) is 15.4. The SMILES string of the molecule is Fc1cc2c3c(c1)oc1c(N(c4ccccc4)c4ccc5c(c4)-c4cccc6cccc-5c46)cc4cccc(c4c13)-c1ccc(-c3cccc4ccccc34)cc1-2. The van der Waals surface area contributed by atoms with Crippen molar-refractivity contribution in [2.75, 3.05) is 4.90 Å². The first-order valence-electron chi connectivity index (χ1n) is 19.4. The third-order valence-corrected chi connectivity index (χ3v) is 12.3. The fraction of sp³-hybridized carbons (Fsp3) is 0. The van der Waals surface area contributed by atoms with Gasteiger partial charge in [0.15, 0.2) is 5.58 Å². The zero-order chi connectivity index (χ0) is 37.4. The van der Waals surface area contributed by atoms with Gasteiger partial charge in [-0.2, -0.15) is 0 Å². The van der Waals surface area contributed by atoms with Gasteiger partial charge in [-0.05, 0) is 125 Å². The molecule has 0 unspecified atom stereocenters. The fourth-order valence-electron chi connectivity index (χ4n) is 9.97. The largest absolute Gasteiger partial charge is 0.454 e. The van der Waals surface area contributed by atoms with Gasteiger partial charge < -0.3 is 9.32 Å². The number of benzene rings is 10. The number of para-hydroxylation sites is 1. The monoisotopic (exact) mass is 727 g/mol. The summed E-state index contributed by atoms with van der Waals surface area (Å²) in [6.45, 7) is 0. The second-order valence-corrected chi connectivity index (χ2v) is 15.3. The van der Waals surface area contributed by atoms with E-state index in [9.17, 15) is 0 Å². The third-order valence-electron chi connectivity index (χ3n) is 12.3. The van der Waals surface area contributed by atoms with Crippen molar-refractivity contribution in [3.63, 3.8) is 0 Å². The van der Waals surface area contributed by atoms with Crippen molar-refractivity contribution in [2.24, 2.45) is 0 Å². The zero-order valence-corrected chi connectivity index (χ0v) is 30.6. The Bertz CT molecular complexity index is 3530. The Kier molecular flexibility index (Phi) is 6.10. The lowest BCUT2D eigenvalue weighted by molar-refractivity contribution is 0.619. The Morgan fingerprint density at radius 2 is 1.02 bits per heavy atom. The quantitative estimate of drug-likeness (QED) is 0.179. The van der Waals surface area contributed by atoms with E-state index in [1.165, 1.54) is 43.8 Å². The number of anilines is 3. The van der Waals surface area contributed by atoms with Crippen LogP contribution in [0.2, 0.25) is 0 Å². The number of nitrogens with zero attached hydrogens (tertiary/aromatic N) is 1. The molecule has 0 spiro atoms. The maximum atomic E-state index is 16.0. The second-order valence-electron chi connectivity index (χ2n) is 15.3. The third kappa shape index (κ3) is 4.23. The predicted octanol–water partition coefficient (Wildman–Crippen LogP) is 15.6. The minimum atomic E-state index is -0.325. The predicted molar refractivity (Wildman–Crippen MR) is 235 cm³/mol. The maximum Gasteiger partial charge on any atom is 0.160 e. The summed E-state index contributed by atoms with van der Waals surface area (Å²) in [4.78, 5) is 2.31. The number of hydrogen-bond donors (Lipinski definition) is 0. The Morgan fingerprint density at radius 1 is 0.368 bits per heavy atom. The molecular formula is C54H30FNO. The van der Waals surface area contributed by atoms with E-state index in [4.69, 9.17) is 4.42 Å². The molecule has 2 aliphatic rings. The number of hydrogen-bond acceptors (Lipinski definition) is 2. The molecule has 264 valence electrons. The van der Waals surface area contributed by atoms with Gasteiger partial charge in [0.2, 0.25) is 0 Å². The summed E-state index contributed by atoms with van der Waals surface area (Å²) in [5, 5.41) is 9.07. The number of halogens is 1. The minimum absolute atomic E-state index is 0.325. The highest BCUT2D eigenvalue weighted by atomic mass is 19.1. The lowest BCUT2D eigenvalue weighted by Crippen LogP contribution is -2.10. The van der Waals surface area contributed by atoms with Crippen LogP contribution in [0, 0.1) is 5.82 Å². The summed E-state index contributed by atoms with van der Waals surface area (Å²) in [6, 6.07) is 64.1. The molecule has 0 atom stereocenters. The highest BCUT2D eigenvalue weighted by molar-refractivity contribution is 6.31. The number of rotatable bonds is 4. The fourth-order valence-corrected chi connectivity index (χ4v) is 9.97. The van der Waals surface area contributed by atoms with Gasteiger partial charge in [0.1, 0.15) is 11.4 Å². The van der Waals surface area contributed by atoms with Crippen LogP contribution >= 0.6 is 0 Å². The Balaban J connectivity index is 1.10. The van der Waals surface area contributed by atoms with E-state index in [1.807, 2.05) is 6.07 Å². The van der Waals surface area contributed by atoms with E-state index in [2.05, 4.69) is 169 Å². The van der Waals surface area contributed by atoms with Gasteiger partial charge in [-0.3, -0.25) is 0 Å². The molecule has 0 amide bonds. The van der Waals surface area contributed by atoms with Crippen molar-refractivity contribution in [1.29, 1.82) is 0 Å². The van der Waals surface area contributed by atoms with Crippen molar-refractivity contribution < 1.29 is 8.81 Å². The lowest BCUT2D eigenvalue weighted by Gasteiger charge is -2.27. The van der Waals surface area contributed by atoms with Crippen LogP contribution in [0.4, 0.5) is 21.5 Å². The molecule has 0 radical (unpaired) electrons. The minimum Gasteiger partial charge on any atom is -0.454 e. The summed E-state index contributed by atoms with van der Waals surface area (Å²) >= 11 is 0. The summed E-state index contributed by atoms with van der Waals surface area (Å²) < 4.78 is 22.9. The van der Waals surface area contributed by atoms with Gasteiger partial charge in [-0.25, -0.2) is 4.39 Å². The molecule has 57 heavy (non-hydrogen) atoms. The van der Waals surface area contributed by atoms with Gasteiger partial charge in [0.05, 0.1) is 5.69 Å². The molecule has 1 aromatic heterocycles. The molecular weight excluding hydrogens is 698 g/mol. The van der Waals surface area contributed by atoms with Crippen molar-refractivity contribution in [3.05, 3.63) is 188 Å². The van der Waals surface area contributed by atoms with E-state index in [1.54, 1.807) is 12.1 Å². The first kappa shape index (κ1) is 30.8. The van der Waals surface area contributed by atoms with Crippen LogP contribution in [0.15, 0.2) is 186 Å². The average Bonchev–Trinajstić information content (AvgIpc) is 3.76. The standard InChI is InChI=1S/C54H30FNO/c55-35-28-47-45-26-33(39-18-6-11-31-10-4-5-17-38(31)39)22-24-40(45)43-20-9-14-34-27-48(54-53(51(34)43)52(47)49(29-35)57-54)56(36-15-2-1-3-16-36)37-23-25-41-42-19-7-12-32-13-8-21-44(50(32)42)46(41)30-37/h1-30H. The normalized spacial score (nSPS) is 12.3. The van der Waals surface area contributed by atoms with Gasteiger partial charge in [-0.1, -0.05) is 133 Å². The highest BCUT2D eigenvalue weighted by Gasteiger charge is 2.30. The molecule has 0 bridgehead atoms. The van der Waals surface area contributed by atoms with Crippen LogP contribution in [-0.2, 0) is 0 Å². The van der Waals surface area contributed by atoms with Crippen molar-refractivity contribution in [1.82, 2.24) is 0 Å². The average molecular weight is 728 g/mol. The Morgan fingerprint density at radius 3 is 1.84 bits per heavy atom. The van der Waals surface area contributed by atoms with Crippen LogP contribution in [0.3, 0.4) is 0 Å². The van der Waals surface area contributed by atoms with E-state index in [-0.39, 0.29) is 5.82 Å². The van der Waals surface area contributed by atoms with Crippen LogP contribution in [0.5, 0.6) is 0 Å². The molecule has 13 rings (SSSR count). The van der Waals surface area contributed by atoms with E-state index >= 15 is 4.39 Å². The number of furan rings is 1. The summed E-state index contributed by atoms with van der Waals surface area (Å²) in [5.74, 6) is -0.325.